The molecule has 226 valence electrons. The summed E-state index contributed by atoms with van der Waals surface area (Å²) in [6, 6.07) is 21.0. The quantitative estimate of drug-likeness (QED) is 0.136. The highest BCUT2D eigenvalue weighted by Gasteiger charge is 2.71. The van der Waals surface area contributed by atoms with Gasteiger partial charge in [-0.15, -0.1) is 0 Å². The topological polar surface area (TPSA) is 116 Å². The summed E-state index contributed by atoms with van der Waals surface area (Å²) in [5, 5.41) is 0. The minimum absolute atomic E-state index is 0.0304. The molecule has 0 spiro atoms. The van der Waals surface area contributed by atoms with Gasteiger partial charge < -0.3 is 14.2 Å². The number of benzene rings is 3. The van der Waals surface area contributed by atoms with Crippen molar-refractivity contribution in [3.8, 4) is 11.1 Å². The van der Waals surface area contributed by atoms with Crippen molar-refractivity contribution < 1.29 is 41.4 Å². The third kappa shape index (κ3) is 5.52. The van der Waals surface area contributed by atoms with E-state index in [1.807, 2.05) is 30.3 Å². The molecule has 0 radical (unpaired) electrons. The van der Waals surface area contributed by atoms with Crippen molar-refractivity contribution in [2.45, 2.75) is 44.0 Å². The van der Waals surface area contributed by atoms with E-state index in [0.717, 1.165) is 11.1 Å². The average molecular weight is 610 g/mol. The van der Waals surface area contributed by atoms with Crippen LogP contribution < -0.4 is 0 Å². The molecule has 0 aliphatic carbocycles. The maximum Gasteiger partial charge on any atom is 0.345 e. The standard InChI is InChI=1S/C32H32FNO8S/c1-5-40-29(35)26-27(24-17-15-23(16-18-24)22-11-9-8-10-12-22)32(30(36)41-6-2,31(37)42-7-3)34(28(26)33)43(38,39)25-19-13-21(4)14-20-25/h8-20,27H,5-7H2,1-4H3. The molecule has 0 aromatic heterocycles. The van der Waals surface area contributed by atoms with E-state index in [4.69, 9.17) is 14.2 Å². The van der Waals surface area contributed by atoms with Gasteiger partial charge in [-0.25, -0.2) is 27.1 Å². The van der Waals surface area contributed by atoms with Crippen LogP contribution in [0.15, 0.2) is 95.3 Å². The second-order valence-corrected chi connectivity index (χ2v) is 11.4. The van der Waals surface area contributed by atoms with Crippen LogP contribution in [0, 0.1) is 6.92 Å². The van der Waals surface area contributed by atoms with E-state index in [9.17, 15) is 22.8 Å². The molecular weight excluding hydrogens is 577 g/mol. The Hall–Kier alpha value is -4.51. The number of carbonyl (C=O) groups excluding carboxylic acids is 3. The molecule has 0 saturated heterocycles. The zero-order valence-corrected chi connectivity index (χ0v) is 25.0. The number of rotatable bonds is 10. The normalized spacial score (nSPS) is 16.1. The number of hydrogen-bond acceptors (Lipinski definition) is 8. The van der Waals surface area contributed by atoms with Crippen molar-refractivity contribution in [2.24, 2.45) is 0 Å². The van der Waals surface area contributed by atoms with Gasteiger partial charge in [-0.05, 0) is 56.5 Å². The molecular formula is C32H32FNO8S. The number of sulfonamides is 1. The number of ether oxygens (including phenoxy) is 3. The largest absolute Gasteiger partial charge is 0.464 e. The van der Waals surface area contributed by atoms with Crippen LogP contribution in [0.2, 0.25) is 0 Å². The van der Waals surface area contributed by atoms with Gasteiger partial charge in [0, 0.05) is 0 Å². The Bertz CT molecular complexity index is 1620. The lowest BCUT2D eigenvalue weighted by molar-refractivity contribution is -0.170. The van der Waals surface area contributed by atoms with Crippen LogP contribution in [0.1, 0.15) is 37.8 Å². The van der Waals surface area contributed by atoms with Crippen LogP contribution in [0.4, 0.5) is 4.39 Å². The highest BCUT2D eigenvalue weighted by Crippen LogP contribution is 2.53. The van der Waals surface area contributed by atoms with Crippen molar-refractivity contribution in [3.63, 3.8) is 0 Å². The maximum atomic E-state index is 16.8. The van der Waals surface area contributed by atoms with Gasteiger partial charge >= 0.3 is 17.9 Å². The maximum absolute atomic E-state index is 16.8. The third-order valence-corrected chi connectivity index (χ3v) is 8.80. The number of hydrogen-bond donors (Lipinski definition) is 0. The lowest BCUT2D eigenvalue weighted by Crippen LogP contribution is -2.63. The van der Waals surface area contributed by atoms with Gasteiger partial charge in [0.15, 0.2) is 0 Å². The fourth-order valence-corrected chi connectivity index (χ4v) is 6.74. The predicted molar refractivity (Wildman–Crippen MR) is 156 cm³/mol. The predicted octanol–water partition coefficient (Wildman–Crippen LogP) is 5.06. The van der Waals surface area contributed by atoms with Gasteiger partial charge in [0.1, 0.15) is 5.57 Å². The zero-order valence-electron chi connectivity index (χ0n) is 24.2. The molecule has 1 atom stereocenters. The number of esters is 3. The first-order chi connectivity index (χ1) is 20.5. The van der Waals surface area contributed by atoms with Crippen LogP contribution in [0.25, 0.3) is 11.1 Å². The van der Waals surface area contributed by atoms with Gasteiger partial charge in [0.2, 0.25) is 5.95 Å². The summed E-state index contributed by atoms with van der Waals surface area (Å²) in [6.45, 7) is 5.35. The van der Waals surface area contributed by atoms with E-state index < -0.39 is 55.8 Å². The molecule has 3 aromatic rings. The number of nitrogens with zero attached hydrogens (tertiary/aromatic N) is 1. The van der Waals surface area contributed by atoms with E-state index in [2.05, 4.69) is 0 Å². The van der Waals surface area contributed by atoms with E-state index in [1.54, 1.807) is 19.1 Å². The Balaban J connectivity index is 2.07. The average Bonchev–Trinajstić information content (AvgIpc) is 3.29. The van der Waals surface area contributed by atoms with Gasteiger partial charge in [-0.2, -0.15) is 4.39 Å². The summed E-state index contributed by atoms with van der Waals surface area (Å²) in [6.07, 6.45) is 0. The molecule has 0 N–H and O–H groups in total. The lowest BCUT2D eigenvalue weighted by atomic mass is 9.76. The molecule has 9 nitrogen and oxygen atoms in total. The van der Waals surface area contributed by atoms with Crippen molar-refractivity contribution >= 4 is 27.9 Å². The minimum atomic E-state index is -5.02. The third-order valence-electron chi connectivity index (χ3n) is 7.01. The summed E-state index contributed by atoms with van der Waals surface area (Å²) in [5.41, 5.74) is -1.46. The molecule has 1 aliphatic heterocycles. The molecule has 0 saturated carbocycles. The number of carbonyl (C=O) groups is 3. The van der Waals surface area contributed by atoms with Crippen LogP contribution >= 0.6 is 0 Å². The SMILES string of the molecule is CCOC(=O)C1=C(F)N(S(=O)(=O)c2ccc(C)cc2)C(C(=O)OCC)(C(=O)OCC)C1c1ccc(-c2ccccc2)cc1. The summed E-state index contributed by atoms with van der Waals surface area (Å²) in [4.78, 5) is 41.0. The van der Waals surface area contributed by atoms with Gasteiger partial charge in [-0.1, -0.05) is 72.3 Å². The number of aryl methyl sites for hydroxylation is 1. The minimum Gasteiger partial charge on any atom is -0.464 e. The first-order valence-corrected chi connectivity index (χ1v) is 15.2. The molecule has 0 fully saturated rings. The molecule has 1 aliphatic rings. The van der Waals surface area contributed by atoms with E-state index in [-0.39, 0.29) is 29.7 Å². The van der Waals surface area contributed by atoms with Crippen molar-refractivity contribution in [1.29, 1.82) is 0 Å². The highest BCUT2D eigenvalue weighted by atomic mass is 32.2. The van der Waals surface area contributed by atoms with E-state index in [0.29, 0.717) is 5.56 Å². The molecule has 0 amide bonds. The second kappa shape index (κ2) is 12.8. The zero-order chi connectivity index (χ0) is 31.4. The van der Waals surface area contributed by atoms with Gasteiger partial charge in [0.05, 0.1) is 30.6 Å². The summed E-state index contributed by atoms with van der Waals surface area (Å²) in [7, 11) is -5.02. The van der Waals surface area contributed by atoms with Crippen molar-refractivity contribution in [3.05, 3.63) is 102 Å². The smallest absolute Gasteiger partial charge is 0.345 e. The monoisotopic (exact) mass is 609 g/mol. The van der Waals surface area contributed by atoms with Crippen LogP contribution in [-0.4, -0.2) is 56.0 Å². The summed E-state index contributed by atoms with van der Waals surface area (Å²) < 4.78 is 60.9. The fourth-order valence-electron chi connectivity index (χ4n) is 5.10. The van der Waals surface area contributed by atoms with Crippen LogP contribution in [0.3, 0.4) is 0 Å². The Morgan fingerprint density at radius 3 is 1.79 bits per heavy atom. The molecule has 1 heterocycles. The van der Waals surface area contributed by atoms with Crippen LogP contribution in [0.5, 0.6) is 0 Å². The molecule has 0 bridgehead atoms. The fraction of sp³-hybridized carbons (Fsp3) is 0.281. The number of halogens is 1. The Morgan fingerprint density at radius 2 is 1.28 bits per heavy atom. The van der Waals surface area contributed by atoms with Gasteiger partial charge in [0.25, 0.3) is 15.6 Å². The Kier molecular flexibility index (Phi) is 9.34. The second-order valence-electron chi connectivity index (χ2n) is 9.64. The first-order valence-electron chi connectivity index (χ1n) is 13.7. The van der Waals surface area contributed by atoms with Crippen molar-refractivity contribution in [1.82, 2.24) is 4.31 Å². The molecule has 3 aromatic carbocycles. The first kappa shape index (κ1) is 31.4. The molecule has 1 unspecified atom stereocenters. The van der Waals surface area contributed by atoms with Crippen LogP contribution in [-0.2, 0) is 38.6 Å². The van der Waals surface area contributed by atoms with E-state index in [1.165, 1.54) is 57.2 Å². The Labute approximate surface area is 249 Å². The summed E-state index contributed by atoms with van der Waals surface area (Å²) >= 11 is 0. The van der Waals surface area contributed by atoms with Gasteiger partial charge in [-0.3, -0.25) is 0 Å². The molecule has 4 rings (SSSR count). The molecule has 43 heavy (non-hydrogen) atoms. The van der Waals surface area contributed by atoms with E-state index >= 15 is 4.39 Å². The highest BCUT2D eigenvalue weighted by molar-refractivity contribution is 7.89. The lowest BCUT2D eigenvalue weighted by Gasteiger charge is -2.38. The van der Waals surface area contributed by atoms with Crippen molar-refractivity contribution in [2.75, 3.05) is 19.8 Å². The summed E-state index contributed by atoms with van der Waals surface area (Å²) in [5.74, 6) is -7.52. The Morgan fingerprint density at radius 1 is 0.767 bits per heavy atom. The molecule has 11 heteroatoms.